The summed E-state index contributed by atoms with van der Waals surface area (Å²) in [5.41, 5.74) is 0.0139. The maximum atomic E-state index is 13.8. The van der Waals surface area contributed by atoms with Gasteiger partial charge in [0.05, 0.1) is 0 Å². The van der Waals surface area contributed by atoms with E-state index in [4.69, 9.17) is 4.52 Å². The molecule has 6 nitrogen and oxygen atoms in total. The van der Waals surface area contributed by atoms with E-state index in [1.807, 2.05) is 12.1 Å². The first-order valence-corrected chi connectivity index (χ1v) is 7.36. The number of hydrogen-bond acceptors (Lipinski definition) is 6. The molecular weight excluding hydrogens is 285 g/mol. The minimum Gasteiger partial charge on any atom is -0.369 e. The van der Waals surface area contributed by atoms with Crippen LogP contribution in [0.15, 0.2) is 22.9 Å². The highest BCUT2D eigenvalue weighted by Crippen LogP contribution is 2.26. The van der Waals surface area contributed by atoms with Gasteiger partial charge in [0, 0.05) is 38.1 Å². The molecule has 3 rings (SSSR count). The normalized spacial score (nSPS) is 17.0. The molecule has 1 saturated heterocycles. The number of hydrogen-bond donors (Lipinski definition) is 0. The molecule has 0 N–H and O–H groups in total. The van der Waals surface area contributed by atoms with Crippen molar-refractivity contribution in [2.24, 2.45) is 0 Å². The van der Waals surface area contributed by atoms with Crippen molar-refractivity contribution in [1.29, 1.82) is 0 Å². The maximum Gasteiger partial charge on any atom is 0.264 e. The summed E-state index contributed by atoms with van der Waals surface area (Å²) in [5.74, 6) is 0.283. The average molecular weight is 305 g/mol. The molecule has 2 aromatic rings. The predicted octanol–water partition coefficient (Wildman–Crippen LogP) is 2.09. The maximum absolute atomic E-state index is 13.8. The van der Waals surface area contributed by atoms with Crippen LogP contribution in [0.2, 0.25) is 0 Å². The fraction of sp³-hybridized carbons (Fsp3) is 0.533. The van der Waals surface area contributed by atoms with Crippen LogP contribution in [0.1, 0.15) is 19.7 Å². The Bertz CT molecular complexity index is 643. The van der Waals surface area contributed by atoms with Gasteiger partial charge in [-0.05, 0) is 33.0 Å². The zero-order chi connectivity index (χ0) is 15.7. The summed E-state index contributed by atoms with van der Waals surface area (Å²) in [4.78, 5) is 13.0. The van der Waals surface area contributed by atoms with Gasteiger partial charge in [-0.15, -0.1) is 0 Å². The first-order valence-electron chi connectivity index (χ1n) is 7.36. The summed E-state index contributed by atoms with van der Waals surface area (Å²) in [6.07, 6.45) is 1.72. The van der Waals surface area contributed by atoms with Gasteiger partial charge in [-0.1, -0.05) is 5.16 Å². The van der Waals surface area contributed by atoms with Crippen LogP contribution in [-0.4, -0.2) is 53.3 Å². The Balaban J connectivity index is 1.83. The molecule has 1 fully saturated rings. The molecule has 0 bridgehead atoms. The van der Waals surface area contributed by atoms with Crippen LogP contribution < -0.4 is 4.90 Å². The van der Waals surface area contributed by atoms with Crippen LogP contribution in [0, 0.1) is 0 Å². The highest BCUT2D eigenvalue weighted by molar-refractivity contribution is 5.58. The van der Waals surface area contributed by atoms with Gasteiger partial charge in [0.1, 0.15) is 5.69 Å². The van der Waals surface area contributed by atoms with E-state index in [9.17, 15) is 4.39 Å². The molecule has 0 spiro atoms. The summed E-state index contributed by atoms with van der Waals surface area (Å²) < 4.78 is 18.8. The molecule has 1 aliphatic heterocycles. The lowest BCUT2D eigenvalue weighted by molar-refractivity contribution is 0.155. The first-order chi connectivity index (χ1) is 10.4. The zero-order valence-corrected chi connectivity index (χ0v) is 13.1. The average Bonchev–Trinajstić information content (AvgIpc) is 2.98. The lowest BCUT2D eigenvalue weighted by atomic mass is 10.2. The highest BCUT2D eigenvalue weighted by Gasteiger charge is 2.27. The van der Waals surface area contributed by atoms with Crippen molar-refractivity contribution in [3.63, 3.8) is 0 Å². The van der Waals surface area contributed by atoms with Gasteiger partial charge < -0.3 is 14.3 Å². The van der Waals surface area contributed by atoms with Crippen molar-refractivity contribution < 1.29 is 8.91 Å². The van der Waals surface area contributed by atoms with Crippen molar-refractivity contribution in [3.8, 4) is 11.5 Å². The van der Waals surface area contributed by atoms with E-state index < -0.39 is 5.67 Å². The van der Waals surface area contributed by atoms with Crippen LogP contribution in [0.5, 0.6) is 0 Å². The quantitative estimate of drug-likeness (QED) is 0.865. The van der Waals surface area contributed by atoms with Crippen molar-refractivity contribution in [2.75, 3.05) is 38.1 Å². The molecule has 2 aromatic heterocycles. The van der Waals surface area contributed by atoms with Crippen molar-refractivity contribution in [1.82, 2.24) is 20.0 Å². The van der Waals surface area contributed by atoms with Crippen molar-refractivity contribution in [2.45, 2.75) is 19.5 Å². The Morgan fingerprint density at radius 3 is 2.59 bits per heavy atom. The topological polar surface area (TPSA) is 58.3 Å². The van der Waals surface area contributed by atoms with E-state index in [-0.39, 0.29) is 5.89 Å². The Labute approximate surface area is 128 Å². The van der Waals surface area contributed by atoms with Gasteiger partial charge in [-0.25, -0.2) is 4.39 Å². The number of nitrogens with zero attached hydrogens (tertiary/aromatic N) is 5. The third kappa shape index (κ3) is 3.09. The van der Waals surface area contributed by atoms with Crippen LogP contribution >= 0.6 is 0 Å². The second-order valence-corrected chi connectivity index (χ2v) is 6.09. The van der Waals surface area contributed by atoms with Crippen molar-refractivity contribution >= 4 is 5.69 Å². The number of halogens is 1. The highest BCUT2D eigenvalue weighted by atomic mass is 19.1. The van der Waals surface area contributed by atoms with Crippen molar-refractivity contribution in [3.05, 3.63) is 24.2 Å². The molecule has 22 heavy (non-hydrogen) atoms. The van der Waals surface area contributed by atoms with E-state index in [0.29, 0.717) is 11.5 Å². The second-order valence-electron chi connectivity index (χ2n) is 6.09. The number of pyridine rings is 1. The Morgan fingerprint density at radius 1 is 1.23 bits per heavy atom. The summed E-state index contributed by atoms with van der Waals surface area (Å²) in [6.45, 7) is 6.76. The minimum absolute atomic E-state index is 0.0331. The molecule has 0 aliphatic carbocycles. The van der Waals surface area contributed by atoms with Gasteiger partial charge in [0.15, 0.2) is 5.67 Å². The van der Waals surface area contributed by atoms with E-state index in [0.717, 1.165) is 31.9 Å². The molecular formula is C15H20FN5O. The number of alkyl halides is 1. The molecule has 0 radical (unpaired) electrons. The minimum atomic E-state index is -1.65. The van der Waals surface area contributed by atoms with Gasteiger partial charge in [0.25, 0.3) is 5.89 Å². The van der Waals surface area contributed by atoms with Gasteiger partial charge in [0.2, 0.25) is 5.82 Å². The number of piperazine rings is 1. The SMILES string of the molecule is CN1CCN(c2ccnc(-c3noc(C(C)(C)F)n3)c2)CC1. The third-order valence-electron chi connectivity index (χ3n) is 3.78. The Hall–Kier alpha value is -2.02. The fourth-order valence-corrected chi connectivity index (χ4v) is 2.37. The van der Waals surface area contributed by atoms with Crippen LogP contribution in [0.4, 0.5) is 10.1 Å². The zero-order valence-electron chi connectivity index (χ0n) is 13.1. The van der Waals surface area contributed by atoms with Gasteiger partial charge in [-0.3, -0.25) is 4.98 Å². The molecule has 0 amide bonds. The molecule has 3 heterocycles. The standard InChI is InChI=1S/C15H20FN5O/c1-15(2,16)14-18-13(19-22-14)12-10-11(4-5-17-12)21-8-6-20(3)7-9-21/h4-5,10H,6-9H2,1-3H3. The largest absolute Gasteiger partial charge is 0.369 e. The smallest absolute Gasteiger partial charge is 0.264 e. The lowest BCUT2D eigenvalue weighted by Crippen LogP contribution is -2.44. The molecule has 0 atom stereocenters. The Morgan fingerprint density at radius 2 is 1.95 bits per heavy atom. The number of anilines is 1. The molecule has 0 aromatic carbocycles. The monoisotopic (exact) mass is 305 g/mol. The van der Waals surface area contributed by atoms with Crippen LogP contribution in [0.3, 0.4) is 0 Å². The summed E-state index contributed by atoms with van der Waals surface area (Å²) in [7, 11) is 2.12. The first kappa shape index (κ1) is 14.9. The van der Waals surface area contributed by atoms with E-state index >= 15 is 0 Å². The van der Waals surface area contributed by atoms with Crippen LogP contribution in [0.25, 0.3) is 11.5 Å². The van der Waals surface area contributed by atoms with E-state index in [2.05, 4.69) is 32.0 Å². The number of rotatable bonds is 3. The number of aromatic nitrogens is 3. The van der Waals surface area contributed by atoms with E-state index in [1.165, 1.54) is 13.8 Å². The molecule has 118 valence electrons. The summed E-state index contributed by atoms with van der Waals surface area (Å²) in [6, 6.07) is 3.89. The summed E-state index contributed by atoms with van der Waals surface area (Å²) in [5, 5.41) is 3.84. The third-order valence-corrected chi connectivity index (χ3v) is 3.78. The van der Waals surface area contributed by atoms with E-state index in [1.54, 1.807) is 6.20 Å². The number of likely N-dealkylation sites (N-methyl/N-ethyl adjacent to an activating group) is 1. The van der Waals surface area contributed by atoms with Crippen LogP contribution in [-0.2, 0) is 5.67 Å². The molecule has 1 aliphatic rings. The fourth-order valence-electron chi connectivity index (χ4n) is 2.37. The Kier molecular flexibility index (Phi) is 3.82. The van der Waals surface area contributed by atoms with Gasteiger partial charge in [-0.2, -0.15) is 4.98 Å². The van der Waals surface area contributed by atoms with Gasteiger partial charge >= 0.3 is 0 Å². The summed E-state index contributed by atoms with van der Waals surface area (Å²) >= 11 is 0. The molecule has 7 heteroatoms. The second kappa shape index (κ2) is 5.64. The lowest BCUT2D eigenvalue weighted by Gasteiger charge is -2.34. The molecule has 0 unspecified atom stereocenters. The predicted molar refractivity (Wildman–Crippen MR) is 81.4 cm³/mol. The molecule has 0 saturated carbocycles.